The van der Waals surface area contributed by atoms with Gasteiger partial charge in [-0.25, -0.2) is 18.5 Å². The summed E-state index contributed by atoms with van der Waals surface area (Å²) in [5.74, 6) is 0.207. The summed E-state index contributed by atoms with van der Waals surface area (Å²) in [6, 6.07) is 9.98. The number of hydrogen-bond acceptors (Lipinski definition) is 6. The molecule has 0 radical (unpaired) electrons. The molecule has 0 unspecified atom stereocenters. The Hall–Kier alpha value is -3.08. The lowest BCUT2D eigenvalue weighted by Crippen LogP contribution is -2.34. The number of likely N-dealkylation sites (N-methyl/N-ethyl adjacent to an activating group) is 1. The number of carbonyl (C=O) groups is 1. The minimum atomic E-state index is -3.83. The highest BCUT2D eigenvalue weighted by atomic mass is 32.2. The molecule has 1 aromatic heterocycles. The van der Waals surface area contributed by atoms with Gasteiger partial charge in [-0.1, -0.05) is 19.1 Å². The van der Waals surface area contributed by atoms with Gasteiger partial charge in [0.1, 0.15) is 5.82 Å². The number of primary sulfonamides is 1. The molecule has 0 aliphatic heterocycles. The number of sulfonamides is 1. The zero-order valence-electron chi connectivity index (χ0n) is 17.6. The Morgan fingerprint density at radius 3 is 2.55 bits per heavy atom. The van der Waals surface area contributed by atoms with Crippen molar-refractivity contribution >= 4 is 32.5 Å². The summed E-state index contributed by atoms with van der Waals surface area (Å²) in [7, 11) is -3.83. The maximum atomic E-state index is 12.6. The van der Waals surface area contributed by atoms with E-state index < -0.39 is 10.0 Å². The Bertz CT molecular complexity index is 1300. The molecule has 0 aliphatic carbocycles. The van der Waals surface area contributed by atoms with Crippen molar-refractivity contribution < 1.29 is 13.2 Å². The van der Waals surface area contributed by atoms with Crippen molar-refractivity contribution in [3.05, 3.63) is 63.7 Å². The van der Waals surface area contributed by atoms with Crippen LogP contribution in [0.5, 0.6) is 0 Å². The van der Waals surface area contributed by atoms with Gasteiger partial charge in [-0.3, -0.25) is 14.5 Å². The van der Waals surface area contributed by atoms with E-state index in [9.17, 15) is 18.0 Å². The molecule has 0 bridgehead atoms. The highest BCUT2D eigenvalue weighted by Crippen LogP contribution is 2.24. The maximum absolute atomic E-state index is 12.6. The van der Waals surface area contributed by atoms with Crippen LogP contribution in [0.1, 0.15) is 23.9 Å². The maximum Gasteiger partial charge on any atom is 0.258 e. The molecule has 4 N–H and O–H groups in total. The number of amides is 1. The molecule has 3 aromatic rings. The van der Waals surface area contributed by atoms with Gasteiger partial charge in [-0.05, 0) is 55.8 Å². The van der Waals surface area contributed by atoms with Crippen LogP contribution in [0.15, 0.2) is 46.1 Å². The van der Waals surface area contributed by atoms with Gasteiger partial charge in [0.25, 0.3) is 5.56 Å². The van der Waals surface area contributed by atoms with Crippen LogP contribution in [-0.4, -0.2) is 42.3 Å². The monoisotopic (exact) mass is 443 g/mol. The van der Waals surface area contributed by atoms with Crippen LogP contribution in [0.2, 0.25) is 0 Å². The average molecular weight is 444 g/mol. The Morgan fingerprint density at radius 2 is 1.87 bits per heavy atom. The third kappa shape index (κ3) is 5.16. The molecule has 0 fully saturated rings. The van der Waals surface area contributed by atoms with Crippen molar-refractivity contribution in [2.24, 2.45) is 5.14 Å². The number of nitrogens with two attached hydrogens (primary N) is 1. The number of aromatic amines is 1. The number of benzene rings is 2. The predicted molar refractivity (Wildman–Crippen MR) is 119 cm³/mol. The van der Waals surface area contributed by atoms with E-state index in [1.54, 1.807) is 32.0 Å². The van der Waals surface area contributed by atoms with Crippen LogP contribution in [0.4, 0.5) is 5.69 Å². The fourth-order valence-electron chi connectivity index (χ4n) is 3.33. The molecule has 9 nitrogen and oxygen atoms in total. The summed E-state index contributed by atoms with van der Waals surface area (Å²) in [5.41, 5.74) is 2.02. The van der Waals surface area contributed by atoms with E-state index in [-0.39, 0.29) is 22.9 Å². The summed E-state index contributed by atoms with van der Waals surface area (Å²) in [6.45, 7) is 6.20. The first-order chi connectivity index (χ1) is 14.6. The van der Waals surface area contributed by atoms with Crippen LogP contribution >= 0.6 is 0 Å². The first-order valence-corrected chi connectivity index (χ1v) is 11.3. The molecular weight excluding hydrogens is 418 g/mol. The number of aromatic nitrogens is 2. The third-order valence-corrected chi connectivity index (χ3v) is 6.22. The number of nitrogens with zero attached hydrogens (tertiary/aromatic N) is 2. The Morgan fingerprint density at radius 1 is 1.16 bits per heavy atom. The molecule has 2 aromatic carbocycles. The number of anilines is 1. The highest BCUT2D eigenvalue weighted by Gasteiger charge is 2.17. The van der Waals surface area contributed by atoms with Crippen molar-refractivity contribution in [1.82, 2.24) is 14.9 Å². The lowest BCUT2D eigenvalue weighted by Gasteiger charge is -2.20. The number of fused-ring (bicyclic) bond motifs is 1. The van der Waals surface area contributed by atoms with Gasteiger partial charge in [-0.2, -0.15) is 0 Å². The van der Waals surface area contributed by atoms with Crippen LogP contribution in [0.25, 0.3) is 10.9 Å². The van der Waals surface area contributed by atoms with Crippen LogP contribution in [0.3, 0.4) is 0 Å². The van der Waals surface area contributed by atoms with Crippen molar-refractivity contribution in [2.75, 3.05) is 18.4 Å². The lowest BCUT2D eigenvalue weighted by molar-refractivity contribution is -0.117. The van der Waals surface area contributed by atoms with Crippen molar-refractivity contribution in [1.29, 1.82) is 0 Å². The largest absolute Gasteiger partial charge is 0.325 e. The van der Waals surface area contributed by atoms with E-state index in [0.29, 0.717) is 46.6 Å². The van der Waals surface area contributed by atoms with Crippen molar-refractivity contribution in [2.45, 2.75) is 32.2 Å². The minimum Gasteiger partial charge on any atom is -0.325 e. The number of H-pyrrole nitrogens is 1. The van der Waals surface area contributed by atoms with Crippen molar-refractivity contribution in [3.8, 4) is 0 Å². The van der Waals surface area contributed by atoms with E-state index in [0.717, 1.165) is 0 Å². The van der Waals surface area contributed by atoms with Crippen LogP contribution in [-0.2, 0) is 21.4 Å². The Balaban J connectivity index is 1.74. The standard InChI is InChI=1S/C21H25N5O4S/c1-4-26(11-19-23-17-8-6-5-7-15(17)21(28)25-19)12-20(27)24-16-9-10-18(31(22,29)30)14(3)13(16)2/h5-10H,4,11-12H2,1-3H3,(H,24,27)(H2,22,29,30)(H,23,25,28). The summed E-state index contributed by atoms with van der Waals surface area (Å²) >= 11 is 0. The second-order valence-corrected chi connectivity index (χ2v) is 8.82. The molecule has 1 amide bonds. The second-order valence-electron chi connectivity index (χ2n) is 7.29. The van der Waals surface area contributed by atoms with Gasteiger partial charge in [0.2, 0.25) is 15.9 Å². The van der Waals surface area contributed by atoms with E-state index in [4.69, 9.17) is 5.14 Å². The molecule has 164 valence electrons. The van der Waals surface area contributed by atoms with E-state index >= 15 is 0 Å². The van der Waals surface area contributed by atoms with Gasteiger partial charge >= 0.3 is 0 Å². The van der Waals surface area contributed by atoms with Gasteiger partial charge < -0.3 is 10.3 Å². The Kier molecular flexibility index (Phi) is 6.54. The summed E-state index contributed by atoms with van der Waals surface area (Å²) < 4.78 is 23.3. The van der Waals surface area contributed by atoms with Gasteiger partial charge in [0, 0.05) is 5.69 Å². The number of hydrogen-bond donors (Lipinski definition) is 3. The molecular formula is C21H25N5O4S. The first kappa shape index (κ1) is 22.6. The first-order valence-electron chi connectivity index (χ1n) is 9.73. The molecule has 1 heterocycles. The van der Waals surface area contributed by atoms with Gasteiger partial charge in [0.15, 0.2) is 0 Å². The molecule has 0 saturated heterocycles. The smallest absolute Gasteiger partial charge is 0.258 e. The highest BCUT2D eigenvalue weighted by molar-refractivity contribution is 7.89. The quantitative estimate of drug-likeness (QED) is 0.507. The minimum absolute atomic E-state index is 0.0320. The number of rotatable bonds is 7. The average Bonchev–Trinajstić information content (AvgIpc) is 2.70. The van der Waals surface area contributed by atoms with E-state index in [1.165, 1.54) is 12.1 Å². The molecule has 0 saturated carbocycles. The number of carbonyl (C=O) groups excluding carboxylic acids is 1. The van der Waals surface area contributed by atoms with E-state index in [2.05, 4.69) is 15.3 Å². The molecule has 10 heteroatoms. The lowest BCUT2D eigenvalue weighted by atomic mass is 10.1. The fraction of sp³-hybridized carbons (Fsp3) is 0.286. The normalized spacial score (nSPS) is 11.8. The number of para-hydroxylation sites is 1. The van der Waals surface area contributed by atoms with Gasteiger partial charge in [-0.15, -0.1) is 0 Å². The van der Waals surface area contributed by atoms with E-state index in [1.807, 2.05) is 17.9 Å². The van der Waals surface area contributed by atoms with Gasteiger partial charge in [0.05, 0.1) is 28.9 Å². The van der Waals surface area contributed by atoms with Crippen LogP contribution in [0, 0.1) is 13.8 Å². The Labute approximate surface area is 180 Å². The number of nitrogens with one attached hydrogen (secondary N) is 2. The fourth-order valence-corrected chi connectivity index (χ4v) is 4.17. The SMILES string of the molecule is CCN(CC(=O)Nc1ccc(S(N)(=O)=O)c(C)c1C)Cc1nc2ccccc2c(=O)[nH]1. The van der Waals surface area contributed by atoms with Crippen molar-refractivity contribution in [3.63, 3.8) is 0 Å². The molecule has 0 atom stereocenters. The summed E-state index contributed by atoms with van der Waals surface area (Å²) in [6.07, 6.45) is 0. The summed E-state index contributed by atoms with van der Waals surface area (Å²) in [4.78, 5) is 34.0. The summed E-state index contributed by atoms with van der Waals surface area (Å²) in [5, 5.41) is 8.55. The zero-order chi connectivity index (χ0) is 22.8. The molecule has 0 spiro atoms. The van der Waals surface area contributed by atoms with Crippen LogP contribution < -0.4 is 16.0 Å². The predicted octanol–water partition coefficient (Wildman–Crippen LogP) is 1.65. The molecule has 31 heavy (non-hydrogen) atoms. The molecule has 3 rings (SSSR count). The molecule has 0 aliphatic rings. The zero-order valence-corrected chi connectivity index (χ0v) is 18.4. The topological polar surface area (TPSA) is 138 Å². The third-order valence-electron chi connectivity index (χ3n) is 5.17. The second kappa shape index (κ2) is 8.96.